The fourth-order valence-corrected chi connectivity index (χ4v) is 4.00. The molecule has 0 aromatic carbocycles. The highest BCUT2D eigenvalue weighted by atomic mass is 32.1. The van der Waals surface area contributed by atoms with Crippen LogP contribution in [0.5, 0.6) is 0 Å². The van der Waals surface area contributed by atoms with Crippen molar-refractivity contribution >= 4 is 17.3 Å². The van der Waals surface area contributed by atoms with Gasteiger partial charge in [-0.2, -0.15) is 0 Å². The molecule has 1 aromatic rings. The molecule has 1 aliphatic carbocycles. The summed E-state index contributed by atoms with van der Waals surface area (Å²) in [5.74, 6) is 0.648. The predicted molar refractivity (Wildman–Crippen MR) is 76.3 cm³/mol. The average molecular weight is 279 g/mol. The molecule has 0 amide bonds. The van der Waals surface area contributed by atoms with Crippen LogP contribution in [-0.4, -0.2) is 24.7 Å². The number of fused-ring (bicyclic) bond motifs is 1. The van der Waals surface area contributed by atoms with E-state index in [4.69, 9.17) is 4.74 Å². The lowest BCUT2D eigenvalue weighted by atomic mass is 9.85. The molecule has 3 rings (SSSR count). The van der Waals surface area contributed by atoms with Crippen molar-refractivity contribution in [3.8, 4) is 0 Å². The Balaban J connectivity index is 1.43. The second kappa shape index (κ2) is 6.06. The third-order valence-corrected chi connectivity index (χ3v) is 5.26. The van der Waals surface area contributed by atoms with Crippen LogP contribution in [0.25, 0.3) is 0 Å². The minimum absolute atomic E-state index is 0.0500. The highest BCUT2D eigenvalue weighted by molar-refractivity contribution is 7.09. The summed E-state index contributed by atoms with van der Waals surface area (Å²) in [5.41, 5.74) is 0. The van der Waals surface area contributed by atoms with Gasteiger partial charge in [0.1, 0.15) is 6.04 Å². The van der Waals surface area contributed by atoms with Gasteiger partial charge in [0.2, 0.25) is 0 Å². The van der Waals surface area contributed by atoms with Crippen molar-refractivity contribution in [2.24, 2.45) is 5.92 Å². The van der Waals surface area contributed by atoms with E-state index in [1.165, 1.54) is 30.6 Å². The largest absolute Gasteiger partial charge is 0.464 e. The number of carbonyl (C=O) groups excluding carboxylic acids is 1. The number of carbonyl (C=O) groups is 1. The van der Waals surface area contributed by atoms with Crippen LogP contribution in [0.1, 0.15) is 37.0 Å². The molecule has 3 atom stereocenters. The number of thiophene rings is 1. The van der Waals surface area contributed by atoms with Gasteiger partial charge in [-0.3, -0.25) is 4.79 Å². The van der Waals surface area contributed by atoms with E-state index in [0.29, 0.717) is 18.6 Å². The fraction of sp³-hybridized carbons (Fsp3) is 0.667. The van der Waals surface area contributed by atoms with E-state index in [9.17, 15) is 4.79 Å². The summed E-state index contributed by atoms with van der Waals surface area (Å²) in [6.07, 6.45) is 6.93. The van der Waals surface area contributed by atoms with Crippen LogP contribution >= 0.6 is 11.3 Å². The van der Waals surface area contributed by atoms with Gasteiger partial charge in [-0.15, -0.1) is 11.3 Å². The maximum Gasteiger partial charge on any atom is 0.323 e. The fourth-order valence-electron chi connectivity index (χ4n) is 3.31. The van der Waals surface area contributed by atoms with Crippen molar-refractivity contribution in [2.75, 3.05) is 6.61 Å². The van der Waals surface area contributed by atoms with Crippen LogP contribution in [0.2, 0.25) is 0 Å². The Kier molecular flexibility index (Phi) is 4.18. The zero-order chi connectivity index (χ0) is 13.1. The summed E-state index contributed by atoms with van der Waals surface area (Å²) >= 11 is 1.72. The quantitative estimate of drug-likeness (QED) is 0.861. The summed E-state index contributed by atoms with van der Waals surface area (Å²) in [6, 6.07) is 4.62. The standard InChI is InChI=1S/C15H21NO2S/c17-15(18-8-7-12-5-3-9-19-12)14-10-11-4-1-2-6-13(11)16-14/h3,5,9,11,13-14,16H,1-2,4,6-8,10H2. The lowest BCUT2D eigenvalue weighted by Crippen LogP contribution is -2.38. The molecule has 2 aliphatic rings. The molecule has 1 saturated heterocycles. The van der Waals surface area contributed by atoms with Gasteiger partial charge in [0.25, 0.3) is 0 Å². The van der Waals surface area contributed by atoms with E-state index in [1.54, 1.807) is 11.3 Å². The van der Waals surface area contributed by atoms with E-state index in [2.05, 4.69) is 16.8 Å². The lowest BCUT2D eigenvalue weighted by molar-refractivity contribution is -0.145. The van der Waals surface area contributed by atoms with Crippen LogP contribution in [-0.2, 0) is 16.0 Å². The number of hydrogen-bond acceptors (Lipinski definition) is 4. The molecule has 1 aliphatic heterocycles. The van der Waals surface area contributed by atoms with Crippen molar-refractivity contribution in [1.82, 2.24) is 5.32 Å². The van der Waals surface area contributed by atoms with Crippen molar-refractivity contribution < 1.29 is 9.53 Å². The Morgan fingerprint density at radius 1 is 1.42 bits per heavy atom. The maximum absolute atomic E-state index is 12.0. The van der Waals surface area contributed by atoms with Crippen molar-refractivity contribution in [3.05, 3.63) is 22.4 Å². The van der Waals surface area contributed by atoms with E-state index in [-0.39, 0.29) is 12.0 Å². The third-order valence-electron chi connectivity index (χ3n) is 4.32. The van der Waals surface area contributed by atoms with E-state index in [0.717, 1.165) is 12.8 Å². The Morgan fingerprint density at radius 2 is 2.32 bits per heavy atom. The normalized spacial score (nSPS) is 30.0. The Bertz CT molecular complexity index is 404. The molecule has 1 N–H and O–H groups in total. The summed E-state index contributed by atoms with van der Waals surface area (Å²) in [5, 5.41) is 5.52. The summed E-state index contributed by atoms with van der Waals surface area (Å²) in [6.45, 7) is 0.507. The van der Waals surface area contributed by atoms with Crippen molar-refractivity contribution in [2.45, 2.75) is 50.6 Å². The molecule has 104 valence electrons. The van der Waals surface area contributed by atoms with Gasteiger partial charge in [0.05, 0.1) is 6.61 Å². The highest BCUT2D eigenvalue weighted by Gasteiger charge is 2.38. The maximum atomic E-state index is 12.0. The van der Waals surface area contributed by atoms with E-state index >= 15 is 0 Å². The van der Waals surface area contributed by atoms with Crippen molar-refractivity contribution in [3.63, 3.8) is 0 Å². The van der Waals surface area contributed by atoms with Crippen LogP contribution in [0.15, 0.2) is 17.5 Å². The van der Waals surface area contributed by atoms with Gasteiger partial charge in [0.15, 0.2) is 0 Å². The van der Waals surface area contributed by atoms with Crippen molar-refractivity contribution in [1.29, 1.82) is 0 Å². The molecule has 1 saturated carbocycles. The molecule has 2 fully saturated rings. The van der Waals surface area contributed by atoms with Crippen LogP contribution in [0, 0.1) is 5.92 Å². The average Bonchev–Trinajstić information content (AvgIpc) is 3.07. The van der Waals surface area contributed by atoms with Gasteiger partial charge < -0.3 is 10.1 Å². The van der Waals surface area contributed by atoms with Gasteiger partial charge >= 0.3 is 5.97 Å². The number of hydrogen-bond donors (Lipinski definition) is 1. The molecule has 0 spiro atoms. The number of esters is 1. The highest BCUT2D eigenvalue weighted by Crippen LogP contribution is 2.33. The molecule has 3 unspecified atom stereocenters. The molecular formula is C15H21NO2S. The first-order valence-electron chi connectivity index (χ1n) is 7.28. The SMILES string of the molecule is O=C(OCCc1cccs1)C1CC2CCCCC2N1. The minimum Gasteiger partial charge on any atom is -0.464 e. The van der Waals surface area contributed by atoms with Crippen LogP contribution in [0.4, 0.5) is 0 Å². The Morgan fingerprint density at radius 3 is 3.11 bits per heavy atom. The molecule has 0 bridgehead atoms. The minimum atomic E-state index is -0.0589. The molecule has 19 heavy (non-hydrogen) atoms. The summed E-state index contributed by atoms with van der Waals surface area (Å²) < 4.78 is 5.41. The zero-order valence-corrected chi connectivity index (χ0v) is 12.0. The second-order valence-electron chi connectivity index (χ2n) is 5.60. The van der Waals surface area contributed by atoms with Gasteiger partial charge in [-0.25, -0.2) is 0 Å². The molecule has 1 aromatic heterocycles. The van der Waals surface area contributed by atoms with E-state index < -0.39 is 0 Å². The van der Waals surface area contributed by atoms with Crippen LogP contribution in [0.3, 0.4) is 0 Å². The first kappa shape index (κ1) is 13.1. The monoisotopic (exact) mass is 279 g/mol. The second-order valence-corrected chi connectivity index (χ2v) is 6.64. The molecule has 3 nitrogen and oxygen atoms in total. The molecule has 4 heteroatoms. The van der Waals surface area contributed by atoms with Gasteiger partial charge in [-0.1, -0.05) is 18.9 Å². The first-order chi connectivity index (χ1) is 9.33. The Labute approximate surface area is 118 Å². The van der Waals surface area contributed by atoms with Gasteiger partial charge in [-0.05, 0) is 36.6 Å². The number of ether oxygens (including phenoxy) is 1. The summed E-state index contributed by atoms with van der Waals surface area (Å²) in [7, 11) is 0. The summed E-state index contributed by atoms with van der Waals surface area (Å²) in [4.78, 5) is 13.3. The first-order valence-corrected chi connectivity index (χ1v) is 8.16. The molecule has 0 radical (unpaired) electrons. The lowest BCUT2D eigenvalue weighted by Gasteiger charge is -2.24. The number of rotatable bonds is 4. The predicted octanol–water partition coefficient (Wildman–Crippen LogP) is 2.75. The third kappa shape index (κ3) is 3.18. The molecule has 2 heterocycles. The van der Waals surface area contributed by atoms with Crippen LogP contribution < -0.4 is 5.32 Å². The van der Waals surface area contributed by atoms with E-state index in [1.807, 2.05) is 6.07 Å². The van der Waals surface area contributed by atoms with Gasteiger partial charge in [0, 0.05) is 17.3 Å². The topological polar surface area (TPSA) is 38.3 Å². The smallest absolute Gasteiger partial charge is 0.323 e. The Hall–Kier alpha value is -0.870. The zero-order valence-electron chi connectivity index (χ0n) is 11.1. The number of nitrogens with one attached hydrogen (secondary N) is 1. The molecular weight excluding hydrogens is 258 g/mol.